The van der Waals surface area contributed by atoms with Gasteiger partial charge in [0.1, 0.15) is 0 Å². The Hall–Kier alpha value is -1.81. The van der Waals surface area contributed by atoms with Crippen LogP contribution in [0.4, 0.5) is 5.69 Å². The van der Waals surface area contributed by atoms with E-state index in [0.29, 0.717) is 0 Å². The first-order valence-electron chi connectivity index (χ1n) is 10.7. The summed E-state index contributed by atoms with van der Waals surface area (Å²) in [5.41, 5.74) is 5.61. The summed E-state index contributed by atoms with van der Waals surface area (Å²) in [6.45, 7) is 11.3. The van der Waals surface area contributed by atoms with Crippen LogP contribution < -0.4 is 15.1 Å². The molecule has 2 N–H and O–H groups in total. The van der Waals surface area contributed by atoms with Crippen LogP contribution in [0.1, 0.15) is 50.2 Å². The second kappa shape index (κ2) is 9.41. The van der Waals surface area contributed by atoms with Gasteiger partial charge in [0, 0.05) is 12.2 Å². The zero-order valence-electron chi connectivity index (χ0n) is 17.3. The normalized spacial score (nSPS) is 19.5. The van der Waals surface area contributed by atoms with E-state index in [0.717, 1.165) is 39.1 Å². The third kappa shape index (κ3) is 5.13. The van der Waals surface area contributed by atoms with Gasteiger partial charge < -0.3 is 15.1 Å². The van der Waals surface area contributed by atoms with Crippen LogP contribution in [0.25, 0.3) is 0 Å². The predicted molar refractivity (Wildman–Crippen MR) is 112 cm³/mol. The lowest BCUT2D eigenvalue weighted by Gasteiger charge is -2.36. The molecule has 1 atom stereocenters. The van der Waals surface area contributed by atoms with Crippen LogP contribution in [-0.2, 0) is 4.79 Å². The smallest absolute Gasteiger partial charge is 0.278 e. The molecule has 4 heteroatoms. The fraction of sp³-hybridized carbons (Fsp3) is 0.609. The van der Waals surface area contributed by atoms with Crippen LogP contribution in [0.5, 0.6) is 0 Å². The van der Waals surface area contributed by atoms with Gasteiger partial charge in [0.15, 0.2) is 6.04 Å². The quantitative estimate of drug-likeness (QED) is 0.755. The molecule has 0 unspecified atom stereocenters. The average Bonchev–Trinajstić information content (AvgIpc) is 2.70. The molecule has 2 aliphatic rings. The number of amides is 1. The van der Waals surface area contributed by atoms with Gasteiger partial charge in [-0.05, 0) is 70.1 Å². The van der Waals surface area contributed by atoms with Gasteiger partial charge in [-0.15, -0.1) is 0 Å². The molecular formula is C23H36N3O+. The molecule has 0 spiro atoms. The average molecular weight is 371 g/mol. The van der Waals surface area contributed by atoms with E-state index in [2.05, 4.69) is 55.3 Å². The Labute approximate surface area is 164 Å². The lowest BCUT2D eigenvalue weighted by Crippen LogP contribution is -3.19. The summed E-state index contributed by atoms with van der Waals surface area (Å²) in [5.74, 6) is 0.210. The van der Waals surface area contributed by atoms with Crippen LogP contribution in [0.3, 0.4) is 0 Å². The van der Waals surface area contributed by atoms with Crippen LogP contribution in [0.2, 0.25) is 0 Å². The first-order valence-corrected chi connectivity index (χ1v) is 10.7. The van der Waals surface area contributed by atoms with Crippen LogP contribution >= 0.6 is 0 Å². The topological polar surface area (TPSA) is 36.8 Å². The second-order valence-corrected chi connectivity index (χ2v) is 8.24. The van der Waals surface area contributed by atoms with Crippen LogP contribution in [0, 0.1) is 13.8 Å². The predicted octanol–water partition coefficient (Wildman–Crippen LogP) is 2.40. The minimum Gasteiger partial charge on any atom is -0.360 e. The minimum atomic E-state index is 0.0334. The summed E-state index contributed by atoms with van der Waals surface area (Å²) < 4.78 is 0. The van der Waals surface area contributed by atoms with Crippen LogP contribution in [-0.4, -0.2) is 44.7 Å². The third-order valence-electron chi connectivity index (χ3n) is 6.46. The SMILES string of the molecule is Cc1cccc(N2CC[NH+]([C@H](C)C(=O)NCCC3=CCCCC3)CC2)c1C. The van der Waals surface area contributed by atoms with Crippen molar-refractivity contribution in [3.63, 3.8) is 0 Å². The number of nitrogens with zero attached hydrogens (tertiary/aromatic N) is 1. The van der Waals surface area contributed by atoms with Gasteiger partial charge >= 0.3 is 0 Å². The van der Waals surface area contributed by atoms with Gasteiger partial charge in [-0.3, -0.25) is 4.79 Å². The molecule has 148 valence electrons. The zero-order chi connectivity index (χ0) is 19.2. The van der Waals surface area contributed by atoms with E-state index in [9.17, 15) is 4.79 Å². The van der Waals surface area contributed by atoms with Crippen molar-refractivity contribution >= 4 is 11.6 Å². The number of carbonyl (C=O) groups excluding carboxylic acids is 1. The maximum atomic E-state index is 12.6. The van der Waals surface area contributed by atoms with Gasteiger partial charge in [-0.2, -0.15) is 0 Å². The molecule has 0 radical (unpaired) electrons. The van der Waals surface area contributed by atoms with E-state index < -0.39 is 0 Å². The molecule has 0 saturated carbocycles. The molecule has 1 aromatic carbocycles. The molecular weight excluding hydrogens is 334 g/mol. The van der Waals surface area contributed by atoms with Gasteiger partial charge in [0.2, 0.25) is 0 Å². The summed E-state index contributed by atoms with van der Waals surface area (Å²) in [7, 11) is 0. The molecule has 0 bridgehead atoms. The first-order chi connectivity index (χ1) is 13.1. The van der Waals surface area contributed by atoms with Crippen molar-refractivity contribution in [3.8, 4) is 0 Å². The summed E-state index contributed by atoms with van der Waals surface area (Å²) >= 11 is 0. The number of quaternary nitrogens is 1. The molecule has 27 heavy (non-hydrogen) atoms. The monoisotopic (exact) mass is 370 g/mol. The number of hydrogen-bond acceptors (Lipinski definition) is 2. The fourth-order valence-electron chi connectivity index (χ4n) is 4.36. The highest BCUT2D eigenvalue weighted by Gasteiger charge is 2.29. The Morgan fingerprint density at radius 2 is 2.00 bits per heavy atom. The molecule has 0 aromatic heterocycles. The summed E-state index contributed by atoms with van der Waals surface area (Å²) in [4.78, 5) is 16.5. The number of piperazine rings is 1. The summed E-state index contributed by atoms with van der Waals surface area (Å²) in [6.07, 6.45) is 8.46. The Balaban J connectivity index is 1.44. The van der Waals surface area contributed by atoms with E-state index in [4.69, 9.17) is 0 Å². The molecule has 1 aliphatic heterocycles. The summed E-state index contributed by atoms with van der Waals surface area (Å²) in [6, 6.07) is 6.58. The Morgan fingerprint density at radius 3 is 2.70 bits per heavy atom. The molecule has 1 aromatic rings. The van der Waals surface area contributed by atoms with Gasteiger partial charge in [0.05, 0.1) is 26.2 Å². The van der Waals surface area contributed by atoms with E-state index in [-0.39, 0.29) is 11.9 Å². The lowest BCUT2D eigenvalue weighted by atomic mass is 9.97. The highest BCUT2D eigenvalue weighted by molar-refractivity contribution is 5.79. The van der Waals surface area contributed by atoms with Gasteiger partial charge in [-0.1, -0.05) is 23.8 Å². The van der Waals surface area contributed by atoms with Gasteiger partial charge in [0.25, 0.3) is 5.91 Å². The molecule has 1 fully saturated rings. The number of allylic oxidation sites excluding steroid dienone is 1. The molecule has 1 aliphatic carbocycles. The number of nitrogens with one attached hydrogen (secondary N) is 2. The largest absolute Gasteiger partial charge is 0.360 e. The molecule has 1 saturated heterocycles. The standard InChI is InChI=1S/C23H35N3O/c1-18-8-7-11-22(19(18)2)26-16-14-25(15-17-26)20(3)23(27)24-13-12-21-9-5-4-6-10-21/h7-9,11,20H,4-6,10,12-17H2,1-3H3,(H,24,27)/p+1/t20-/m1/s1. The zero-order valence-corrected chi connectivity index (χ0v) is 17.3. The maximum Gasteiger partial charge on any atom is 0.278 e. The Morgan fingerprint density at radius 1 is 1.22 bits per heavy atom. The maximum absolute atomic E-state index is 12.6. The minimum absolute atomic E-state index is 0.0334. The van der Waals surface area contributed by atoms with E-state index in [1.54, 1.807) is 0 Å². The van der Waals surface area contributed by atoms with Gasteiger partial charge in [-0.25, -0.2) is 0 Å². The summed E-state index contributed by atoms with van der Waals surface area (Å²) in [5, 5.41) is 3.17. The van der Waals surface area contributed by atoms with Crippen molar-refractivity contribution in [2.45, 2.75) is 58.9 Å². The third-order valence-corrected chi connectivity index (χ3v) is 6.46. The number of benzene rings is 1. The van der Waals surface area contributed by atoms with Crippen molar-refractivity contribution < 1.29 is 9.69 Å². The van der Waals surface area contributed by atoms with Crippen molar-refractivity contribution in [1.82, 2.24) is 5.32 Å². The van der Waals surface area contributed by atoms with E-state index in [1.807, 2.05) is 0 Å². The van der Waals surface area contributed by atoms with Crippen LogP contribution in [0.15, 0.2) is 29.8 Å². The van der Waals surface area contributed by atoms with Crippen molar-refractivity contribution in [3.05, 3.63) is 41.0 Å². The lowest BCUT2D eigenvalue weighted by molar-refractivity contribution is -0.914. The molecule has 4 nitrogen and oxygen atoms in total. The Kier molecular flexibility index (Phi) is 6.95. The number of aryl methyl sites for hydroxylation is 1. The van der Waals surface area contributed by atoms with Crippen molar-refractivity contribution in [1.29, 1.82) is 0 Å². The van der Waals surface area contributed by atoms with E-state index in [1.165, 1.54) is 53.0 Å². The number of carbonyl (C=O) groups is 1. The first kappa shape index (κ1) is 19.9. The number of anilines is 1. The van der Waals surface area contributed by atoms with Crippen molar-refractivity contribution in [2.75, 3.05) is 37.6 Å². The van der Waals surface area contributed by atoms with Crippen molar-refractivity contribution in [2.24, 2.45) is 0 Å². The highest BCUT2D eigenvalue weighted by Crippen LogP contribution is 2.22. The fourth-order valence-corrected chi connectivity index (χ4v) is 4.36. The molecule has 3 rings (SSSR count). The number of rotatable bonds is 6. The molecule has 1 amide bonds. The Bertz CT molecular complexity index is 674. The highest BCUT2D eigenvalue weighted by atomic mass is 16.2. The second-order valence-electron chi connectivity index (χ2n) is 8.24. The molecule has 1 heterocycles. The van der Waals surface area contributed by atoms with E-state index >= 15 is 0 Å². The number of hydrogen-bond donors (Lipinski definition) is 2.